The number of rotatable bonds is 6. The molecular formula is C20H33Cl2N3O2. The number of hydrogen-bond donors (Lipinski definition) is 1. The molecule has 0 radical (unpaired) electrons. The van der Waals surface area contributed by atoms with Crippen LogP contribution in [-0.2, 0) is 16.1 Å². The maximum Gasteiger partial charge on any atom is 0.254 e. The largest absolute Gasteiger partial charge is 0.368 e. The minimum atomic E-state index is -0.623. The highest BCUT2D eigenvalue weighted by molar-refractivity contribution is 5.86. The first-order valence-corrected chi connectivity index (χ1v) is 9.41. The van der Waals surface area contributed by atoms with Crippen LogP contribution >= 0.6 is 24.8 Å². The van der Waals surface area contributed by atoms with E-state index in [1.54, 1.807) is 7.11 Å². The van der Waals surface area contributed by atoms with Gasteiger partial charge in [0.15, 0.2) is 0 Å². The van der Waals surface area contributed by atoms with Gasteiger partial charge < -0.3 is 15.0 Å². The first-order valence-electron chi connectivity index (χ1n) is 9.41. The van der Waals surface area contributed by atoms with Crippen molar-refractivity contribution in [1.82, 2.24) is 15.1 Å². The molecule has 1 N–H and O–H groups in total. The Labute approximate surface area is 175 Å². The second kappa shape index (κ2) is 11.2. The van der Waals surface area contributed by atoms with Crippen LogP contribution in [0.15, 0.2) is 30.3 Å². The number of piperidine rings is 1. The van der Waals surface area contributed by atoms with Gasteiger partial charge in [-0.1, -0.05) is 30.3 Å². The molecule has 2 heterocycles. The summed E-state index contributed by atoms with van der Waals surface area (Å²) in [4.78, 5) is 17.4. The van der Waals surface area contributed by atoms with E-state index in [-0.39, 0.29) is 30.7 Å². The van der Waals surface area contributed by atoms with Crippen molar-refractivity contribution in [1.29, 1.82) is 0 Å². The Bertz CT molecular complexity index is 568. The third-order valence-corrected chi connectivity index (χ3v) is 5.69. The lowest BCUT2D eigenvalue weighted by atomic mass is 9.90. The van der Waals surface area contributed by atoms with Crippen molar-refractivity contribution in [2.24, 2.45) is 5.92 Å². The Kier molecular flexibility index (Phi) is 10.1. The van der Waals surface area contributed by atoms with E-state index >= 15 is 0 Å². The predicted octanol–water partition coefficient (Wildman–Crippen LogP) is 2.58. The third-order valence-electron chi connectivity index (χ3n) is 5.69. The fourth-order valence-electron chi connectivity index (χ4n) is 4.20. The van der Waals surface area contributed by atoms with E-state index in [0.717, 1.165) is 58.5 Å². The number of nitrogens with zero attached hydrogens (tertiary/aromatic N) is 2. The Morgan fingerprint density at radius 1 is 1.26 bits per heavy atom. The Hall–Kier alpha value is -0.850. The molecule has 3 rings (SSSR count). The molecule has 2 saturated heterocycles. The van der Waals surface area contributed by atoms with Crippen LogP contribution in [0.5, 0.6) is 0 Å². The number of likely N-dealkylation sites (N-methyl/N-ethyl adjacent to an activating group) is 1. The molecule has 154 valence electrons. The first-order chi connectivity index (χ1) is 12.1. The van der Waals surface area contributed by atoms with Crippen LogP contribution in [0.25, 0.3) is 0 Å². The van der Waals surface area contributed by atoms with Gasteiger partial charge >= 0.3 is 0 Å². The molecule has 2 fully saturated rings. The molecule has 1 amide bonds. The van der Waals surface area contributed by atoms with Crippen LogP contribution in [0.2, 0.25) is 0 Å². The maximum atomic E-state index is 13.0. The highest BCUT2D eigenvalue weighted by atomic mass is 35.5. The number of halogens is 2. The fourth-order valence-corrected chi connectivity index (χ4v) is 4.20. The molecule has 1 unspecified atom stereocenters. The summed E-state index contributed by atoms with van der Waals surface area (Å²) in [6.45, 7) is 5.70. The zero-order valence-corrected chi connectivity index (χ0v) is 18.0. The summed E-state index contributed by atoms with van der Waals surface area (Å²) in [5, 5.41) is 3.31. The molecule has 27 heavy (non-hydrogen) atoms. The van der Waals surface area contributed by atoms with Gasteiger partial charge in [-0.2, -0.15) is 0 Å². The molecule has 0 bridgehead atoms. The van der Waals surface area contributed by atoms with Crippen LogP contribution in [-0.4, -0.2) is 68.2 Å². The molecule has 0 aromatic heterocycles. The van der Waals surface area contributed by atoms with E-state index < -0.39 is 5.60 Å². The summed E-state index contributed by atoms with van der Waals surface area (Å²) in [5.74, 6) is 0.700. The van der Waals surface area contributed by atoms with Crippen molar-refractivity contribution in [3.8, 4) is 0 Å². The number of methoxy groups -OCH3 is 1. The Morgan fingerprint density at radius 3 is 2.56 bits per heavy atom. The second-order valence-corrected chi connectivity index (χ2v) is 7.51. The van der Waals surface area contributed by atoms with Crippen molar-refractivity contribution in [2.75, 3.05) is 46.9 Å². The SMILES string of the molecule is COC1(C(=O)N(C)CC2CCN(Cc3ccccc3)C2)CCNCC1.Cl.Cl. The summed E-state index contributed by atoms with van der Waals surface area (Å²) >= 11 is 0. The van der Waals surface area contributed by atoms with E-state index in [1.807, 2.05) is 11.9 Å². The molecule has 1 aromatic rings. The molecule has 0 saturated carbocycles. The zero-order valence-electron chi connectivity index (χ0n) is 16.4. The number of nitrogens with one attached hydrogen (secondary N) is 1. The minimum absolute atomic E-state index is 0. The van der Waals surface area contributed by atoms with Gasteiger partial charge in [0.2, 0.25) is 0 Å². The summed E-state index contributed by atoms with van der Waals surface area (Å²) in [7, 11) is 3.61. The molecule has 0 aliphatic carbocycles. The van der Waals surface area contributed by atoms with Gasteiger partial charge in [0.25, 0.3) is 5.91 Å². The van der Waals surface area contributed by atoms with Crippen molar-refractivity contribution in [3.63, 3.8) is 0 Å². The summed E-state index contributed by atoms with van der Waals surface area (Å²) in [6, 6.07) is 10.6. The average Bonchev–Trinajstić information content (AvgIpc) is 3.09. The van der Waals surface area contributed by atoms with Crippen LogP contribution in [0.3, 0.4) is 0 Å². The number of hydrogen-bond acceptors (Lipinski definition) is 4. The van der Waals surface area contributed by atoms with Crippen molar-refractivity contribution >= 4 is 30.7 Å². The molecular weight excluding hydrogens is 385 g/mol. The molecule has 1 atom stereocenters. The number of ether oxygens (including phenoxy) is 1. The lowest BCUT2D eigenvalue weighted by molar-refractivity contribution is -0.157. The standard InChI is InChI=1S/C20H31N3O2.2ClH/c1-22(19(24)20(25-2)9-11-21-12-10-20)14-18-8-13-23(16-18)15-17-6-4-3-5-7-17;;/h3-7,18,21H,8-16H2,1-2H3;2*1H. The van der Waals surface area contributed by atoms with Crippen molar-refractivity contribution in [3.05, 3.63) is 35.9 Å². The van der Waals surface area contributed by atoms with E-state index in [1.165, 1.54) is 5.56 Å². The Balaban J connectivity index is 0.00000182. The second-order valence-electron chi connectivity index (χ2n) is 7.51. The van der Waals surface area contributed by atoms with E-state index in [2.05, 4.69) is 40.5 Å². The quantitative estimate of drug-likeness (QED) is 0.772. The normalized spacial score (nSPS) is 21.8. The lowest BCUT2D eigenvalue weighted by Gasteiger charge is -2.38. The van der Waals surface area contributed by atoms with Crippen LogP contribution < -0.4 is 5.32 Å². The maximum absolute atomic E-state index is 13.0. The molecule has 1 aromatic carbocycles. The highest BCUT2D eigenvalue weighted by Crippen LogP contribution is 2.26. The summed E-state index contributed by atoms with van der Waals surface area (Å²) in [6.07, 6.45) is 2.68. The highest BCUT2D eigenvalue weighted by Gasteiger charge is 2.42. The third kappa shape index (κ3) is 6.06. The molecule has 0 spiro atoms. The smallest absolute Gasteiger partial charge is 0.254 e. The molecule has 7 heteroatoms. The Morgan fingerprint density at radius 2 is 1.93 bits per heavy atom. The average molecular weight is 418 g/mol. The van der Waals surface area contributed by atoms with Gasteiger partial charge in [-0.25, -0.2) is 0 Å². The van der Waals surface area contributed by atoms with Gasteiger partial charge in [-0.15, -0.1) is 24.8 Å². The number of likely N-dealkylation sites (tertiary alicyclic amines) is 1. The molecule has 2 aliphatic heterocycles. The molecule has 2 aliphatic rings. The van der Waals surface area contributed by atoms with Gasteiger partial charge in [0.05, 0.1) is 0 Å². The van der Waals surface area contributed by atoms with Crippen LogP contribution in [0.1, 0.15) is 24.8 Å². The van der Waals surface area contributed by atoms with Gasteiger partial charge in [0.1, 0.15) is 5.60 Å². The number of carbonyl (C=O) groups is 1. The van der Waals surface area contributed by atoms with E-state index in [4.69, 9.17) is 4.74 Å². The number of benzene rings is 1. The first kappa shape index (κ1) is 24.2. The molecule has 5 nitrogen and oxygen atoms in total. The van der Waals surface area contributed by atoms with Crippen molar-refractivity contribution < 1.29 is 9.53 Å². The predicted molar refractivity (Wildman–Crippen MR) is 114 cm³/mol. The summed E-state index contributed by atoms with van der Waals surface area (Å²) in [5.41, 5.74) is 0.739. The number of carbonyl (C=O) groups excluding carboxylic acids is 1. The number of amides is 1. The monoisotopic (exact) mass is 417 g/mol. The zero-order chi connectivity index (χ0) is 17.7. The minimum Gasteiger partial charge on any atom is -0.368 e. The van der Waals surface area contributed by atoms with Gasteiger partial charge in [-0.05, 0) is 50.4 Å². The van der Waals surface area contributed by atoms with E-state index in [9.17, 15) is 4.79 Å². The van der Waals surface area contributed by atoms with Gasteiger partial charge in [-0.3, -0.25) is 9.69 Å². The van der Waals surface area contributed by atoms with Crippen molar-refractivity contribution in [2.45, 2.75) is 31.4 Å². The van der Waals surface area contributed by atoms with Gasteiger partial charge in [0, 0.05) is 33.8 Å². The fraction of sp³-hybridized carbons (Fsp3) is 0.650. The lowest BCUT2D eigenvalue weighted by Crippen LogP contribution is -2.55. The topological polar surface area (TPSA) is 44.8 Å². The summed E-state index contributed by atoms with van der Waals surface area (Å²) < 4.78 is 5.68. The van der Waals surface area contributed by atoms with E-state index in [0.29, 0.717) is 5.92 Å². The van der Waals surface area contributed by atoms with Crippen LogP contribution in [0.4, 0.5) is 0 Å². The van der Waals surface area contributed by atoms with Crippen LogP contribution in [0, 0.1) is 5.92 Å².